The van der Waals surface area contributed by atoms with Crippen molar-refractivity contribution in [1.82, 2.24) is 0 Å². The van der Waals surface area contributed by atoms with Crippen LogP contribution in [0.25, 0.3) is 0 Å². The van der Waals surface area contributed by atoms with Gasteiger partial charge in [-0.3, -0.25) is 9.59 Å². The van der Waals surface area contributed by atoms with Crippen molar-refractivity contribution in [2.24, 2.45) is 0 Å². The molecule has 0 saturated carbocycles. The summed E-state index contributed by atoms with van der Waals surface area (Å²) in [7, 11) is 2.76. The van der Waals surface area contributed by atoms with Crippen molar-refractivity contribution in [2.75, 3.05) is 14.2 Å². The summed E-state index contributed by atoms with van der Waals surface area (Å²) in [6.45, 7) is 0. The van der Waals surface area contributed by atoms with Crippen molar-refractivity contribution in [1.29, 1.82) is 0 Å². The van der Waals surface area contributed by atoms with E-state index < -0.39 is 0 Å². The molecular formula is C13H14Cl2O4. The fourth-order valence-electron chi connectivity index (χ4n) is 1.56. The molecule has 0 heterocycles. The molecule has 0 aromatic heterocycles. The number of halogens is 2. The maximum absolute atomic E-state index is 11.9. The van der Waals surface area contributed by atoms with E-state index in [9.17, 15) is 9.59 Å². The Morgan fingerprint density at radius 2 is 1.68 bits per heavy atom. The molecule has 4 nitrogen and oxygen atoms in total. The minimum Gasteiger partial charge on any atom is -0.494 e. The Morgan fingerprint density at radius 3 is 2.16 bits per heavy atom. The number of carbonyl (C=O) groups excluding carboxylic acids is 2. The molecule has 1 aromatic rings. The van der Waals surface area contributed by atoms with Gasteiger partial charge >= 0.3 is 5.97 Å². The molecular weight excluding hydrogens is 291 g/mol. The molecule has 0 saturated heterocycles. The zero-order valence-electron chi connectivity index (χ0n) is 10.7. The minimum absolute atomic E-state index is 0.129. The second-order valence-corrected chi connectivity index (χ2v) is 4.64. The van der Waals surface area contributed by atoms with E-state index in [1.54, 1.807) is 0 Å². The summed E-state index contributed by atoms with van der Waals surface area (Å²) < 4.78 is 9.50. The summed E-state index contributed by atoms with van der Waals surface area (Å²) >= 11 is 11.9. The molecule has 0 atom stereocenters. The van der Waals surface area contributed by atoms with Gasteiger partial charge in [0.1, 0.15) is 0 Å². The summed E-state index contributed by atoms with van der Waals surface area (Å²) in [6, 6.07) is 3.01. The third kappa shape index (κ3) is 4.40. The molecule has 0 unspecified atom stereocenters. The van der Waals surface area contributed by atoms with E-state index in [2.05, 4.69) is 4.74 Å². The highest BCUT2D eigenvalue weighted by molar-refractivity contribution is 6.37. The zero-order chi connectivity index (χ0) is 14.4. The van der Waals surface area contributed by atoms with E-state index in [0.717, 1.165) is 0 Å². The van der Waals surface area contributed by atoms with Gasteiger partial charge in [-0.25, -0.2) is 0 Å². The summed E-state index contributed by atoms with van der Waals surface area (Å²) in [5.74, 6) is -0.122. The number of hydrogen-bond acceptors (Lipinski definition) is 4. The number of rotatable bonds is 6. The molecule has 0 bridgehead atoms. The molecule has 0 radical (unpaired) electrons. The average molecular weight is 305 g/mol. The van der Waals surface area contributed by atoms with Gasteiger partial charge in [0, 0.05) is 18.4 Å². The number of esters is 1. The molecule has 19 heavy (non-hydrogen) atoms. The van der Waals surface area contributed by atoms with Gasteiger partial charge in [-0.1, -0.05) is 23.2 Å². The molecule has 0 spiro atoms. The van der Waals surface area contributed by atoms with Gasteiger partial charge in [-0.15, -0.1) is 0 Å². The van der Waals surface area contributed by atoms with Crippen LogP contribution in [0.5, 0.6) is 5.75 Å². The normalized spacial score (nSPS) is 10.1. The first kappa shape index (κ1) is 15.8. The molecule has 0 amide bonds. The van der Waals surface area contributed by atoms with E-state index in [0.29, 0.717) is 17.7 Å². The van der Waals surface area contributed by atoms with Crippen LogP contribution in [0.1, 0.15) is 29.6 Å². The number of carbonyl (C=O) groups is 2. The second-order valence-electron chi connectivity index (χ2n) is 3.83. The third-order valence-corrected chi connectivity index (χ3v) is 3.10. The molecule has 1 aromatic carbocycles. The van der Waals surface area contributed by atoms with Crippen molar-refractivity contribution in [2.45, 2.75) is 19.3 Å². The molecule has 1 rings (SSSR count). The highest BCUT2D eigenvalue weighted by Crippen LogP contribution is 2.34. The van der Waals surface area contributed by atoms with Gasteiger partial charge in [0.15, 0.2) is 11.5 Å². The van der Waals surface area contributed by atoms with E-state index in [1.165, 1.54) is 26.4 Å². The van der Waals surface area contributed by atoms with Crippen LogP contribution in [-0.4, -0.2) is 26.0 Å². The van der Waals surface area contributed by atoms with Crippen LogP contribution in [-0.2, 0) is 9.53 Å². The third-order valence-electron chi connectivity index (χ3n) is 2.54. The van der Waals surface area contributed by atoms with E-state index >= 15 is 0 Å². The first-order valence-corrected chi connectivity index (χ1v) is 6.38. The van der Waals surface area contributed by atoms with E-state index in [4.69, 9.17) is 27.9 Å². The Hall–Kier alpha value is -1.26. The van der Waals surface area contributed by atoms with Gasteiger partial charge in [-0.2, -0.15) is 0 Å². The molecule has 0 aliphatic carbocycles. The van der Waals surface area contributed by atoms with Crippen LogP contribution in [0.2, 0.25) is 10.0 Å². The number of hydrogen-bond donors (Lipinski definition) is 0. The van der Waals surface area contributed by atoms with E-state index in [1.807, 2.05) is 0 Å². The summed E-state index contributed by atoms with van der Waals surface area (Å²) in [5.41, 5.74) is 0.403. The van der Waals surface area contributed by atoms with Crippen LogP contribution in [0.3, 0.4) is 0 Å². The first-order chi connectivity index (χ1) is 8.99. The van der Waals surface area contributed by atoms with Crippen LogP contribution < -0.4 is 4.74 Å². The Balaban J connectivity index is 2.70. The lowest BCUT2D eigenvalue weighted by Gasteiger charge is -2.08. The molecule has 0 aliphatic rings. The SMILES string of the molecule is COC(=O)CCCC(=O)c1cc(Cl)c(OC)c(Cl)c1. The van der Waals surface area contributed by atoms with Gasteiger partial charge in [-0.05, 0) is 18.6 Å². The molecule has 0 fully saturated rings. The van der Waals surface area contributed by atoms with E-state index in [-0.39, 0.29) is 34.6 Å². The fourth-order valence-corrected chi connectivity index (χ4v) is 2.20. The lowest BCUT2D eigenvalue weighted by Crippen LogP contribution is -2.04. The van der Waals surface area contributed by atoms with Gasteiger partial charge in [0.25, 0.3) is 0 Å². The summed E-state index contributed by atoms with van der Waals surface area (Å²) in [4.78, 5) is 22.8. The Bertz CT molecular complexity index is 463. The van der Waals surface area contributed by atoms with Crippen molar-refractivity contribution in [3.05, 3.63) is 27.7 Å². The largest absolute Gasteiger partial charge is 0.494 e. The molecule has 0 N–H and O–H groups in total. The highest BCUT2D eigenvalue weighted by atomic mass is 35.5. The number of Topliss-reactive ketones (excluding diaryl/α,β-unsaturated/α-hetero) is 1. The molecule has 6 heteroatoms. The number of ketones is 1. The van der Waals surface area contributed by atoms with Crippen LogP contribution >= 0.6 is 23.2 Å². The standard InChI is InChI=1S/C13H14Cl2O4/c1-18-12(17)5-3-4-11(16)8-6-9(14)13(19-2)10(15)7-8/h6-7H,3-5H2,1-2H3. The monoisotopic (exact) mass is 304 g/mol. The lowest BCUT2D eigenvalue weighted by molar-refractivity contribution is -0.140. The van der Waals surface area contributed by atoms with Gasteiger partial charge in [0.05, 0.1) is 24.3 Å². The average Bonchev–Trinajstić information content (AvgIpc) is 2.37. The van der Waals surface area contributed by atoms with Crippen LogP contribution in [0.4, 0.5) is 0 Å². The predicted molar refractivity (Wildman–Crippen MR) is 73.2 cm³/mol. The van der Waals surface area contributed by atoms with Crippen molar-refractivity contribution < 1.29 is 19.1 Å². The van der Waals surface area contributed by atoms with Crippen molar-refractivity contribution >= 4 is 35.0 Å². The van der Waals surface area contributed by atoms with Crippen LogP contribution in [0, 0.1) is 0 Å². The van der Waals surface area contributed by atoms with Crippen molar-refractivity contribution in [3.63, 3.8) is 0 Å². The maximum Gasteiger partial charge on any atom is 0.305 e. The topological polar surface area (TPSA) is 52.6 Å². The number of ether oxygens (including phenoxy) is 2. The maximum atomic E-state index is 11.9. The number of methoxy groups -OCH3 is 2. The Morgan fingerprint density at radius 1 is 1.11 bits per heavy atom. The Labute approximate surface area is 121 Å². The molecule has 0 aliphatic heterocycles. The first-order valence-electron chi connectivity index (χ1n) is 5.62. The minimum atomic E-state index is -0.335. The Kier molecular flexibility index (Phi) is 6.12. The van der Waals surface area contributed by atoms with Crippen molar-refractivity contribution in [3.8, 4) is 5.75 Å². The highest BCUT2D eigenvalue weighted by Gasteiger charge is 2.13. The lowest BCUT2D eigenvalue weighted by atomic mass is 10.1. The van der Waals surface area contributed by atoms with Gasteiger partial charge in [0.2, 0.25) is 0 Å². The second kappa shape index (κ2) is 7.36. The van der Waals surface area contributed by atoms with Crippen LogP contribution in [0.15, 0.2) is 12.1 Å². The predicted octanol–water partition coefficient (Wildman–Crippen LogP) is 3.53. The zero-order valence-corrected chi connectivity index (χ0v) is 12.2. The molecule has 104 valence electrons. The quantitative estimate of drug-likeness (QED) is 0.596. The summed E-state index contributed by atoms with van der Waals surface area (Å²) in [6.07, 6.45) is 0.862. The number of benzene rings is 1. The fraction of sp³-hybridized carbons (Fsp3) is 0.385. The van der Waals surface area contributed by atoms with Gasteiger partial charge < -0.3 is 9.47 Å². The smallest absolute Gasteiger partial charge is 0.305 e. The summed E-state index contributed by atoms with van der Waals surface area (Å²) in [5, 5.41) is 0.567.